The van der Waals surface area contributed by atoms with Gasteiger partial charge < -0.3 is 4.74 Å². The Labute approximate surface area is 107 Å². The molecule has 1 rings (SSSR count). The Balaban J connectivity index is 2.43. The highest BCUT2D eigenvalue weighted by Gasteiger charge is 2.14. The number of nitrogens with zero attached hydrogens (tertiary/aromatic N) is 1. The molecule has 96 valence electrons. The van der Waals surface area contributed by atoms with Crippen LogP contribution in [-0.2, 0) is 10.0 Å². The van der Waals surface area contributed by atoms with Crippen LogP contribution in [0, 0.1) is 0 Å². The van der Waals surface area contributed by atoms with Crippen molar-refractivity contribution in [2.45, 2.75) is 6.92 Å². The highest BCUT2D eigenvalue weighted by molar-refractivity contribution is 7.89. The number of sulfonamides is 1. The van der Waals surface area contributed by atoms with Crippen molar-refractivity contribution in [3.63, 3.8) is 0 Å². The fraction of sp³-hybridized carbons (Fsp3) is 0.455. The van der Waals surface area contributed by atoms with Gasteiger partial charge in [0.05, 0.1) is 5.75 Å². The van der Waals surface area contributed by atoms with Gasteiger partial charge in [-0.1, -0.05) is 17.7 Å². The quantitative estimate of drug-likeness (QED) is 0.799. The molecule has 0 spiro atoms. The van der Waals surface area contributed by atoms with Gasteiger partial charge in [-0.05, 0) is 25.1 Å². The Morgan fingerprint density at radius 1 is 1.41 bits per heavy atom. The van der Waals surface area contributed by atoms with Crippen LogP contribution in [0.25, 0.3) is 0 Å². The number of hydrogen-bond donors (Lipinski definition) is 0. The van der Waals surface area contributed by atoms with E-state index in [-0.39, 0.29) is 5.75 Å². The first kappa shape index (κ1) is 14.3. The van der Waals surface area contributed by atoms with Gasteiger partial charge in [-0.2, -0.15) is 0 Å². The molecule has 0 atom stereocenters. The van der Waals surface area contributed by atoms with Crippen molar-refractivity contribution in [2.24, 2.45) is 0 Å². The van der Waals surface area contributed by atoms with Crippen LogP contribution in [0.2, 0.25) is 5.02 Å². The summed E-state index contributed by atoms with van der Waals surface area (Å²) in [4.78, 5) is 0. The molecule has 1 aromatic rings. The second-order valence-corrected chi connectivity index (χ2v) is 6.33. The van der Waals surface area contributed by atoms with Gasteiger partial charge in [0.2, 0.25) is 10.0 Å². The van der Waals surface area contributed by atoms with Crippen LogP contribution in [0.1, 0.15) is 6.92 Å². The standard InChI is InChI=1S/C11H16ClNO3S/c1-3-17(14,15)13(2)7-8-16-11-6-4-5-10(12)9-11/h4-6,9H,3,7-8H2,1-2H3. The van der Waals surface area contributed by atoms with Crippen LogP contribution in [0.3, 0.4) is 0 Å². The Morgan fingerprint density at radius 3 is 2.71 bits per heavy atom. The number of ether oxygens (including phenoxy) is 1. The first-order chi connectivity index (χ1) is 7.95. The van der Waals surface area contributed by atoms with Crippen LogP contribution >= 0.6 is 11.6 Å². The maximum Gasteiger partial charge on any atom is 0.213 e. The van der Waals surface area contributed by atoms with Crippen molar-refractivity contribution >= 4 is 21.6 Å². The SMILES string of the molecule is CCS(=O)(=O)N(C)CCOc1cccc(Cl)c1. The predicted octanol–water partition coefficient (Wildman–Crippen LogP) is 2.00. The Hall–Kier alpha value is -0.780. The summed E-state index contributed by atoms with van der Waals surface area (Å²) in [6.07, 6.45) is 0. The van der Waals surface area contributed by atoms with Crippen molar-refractivity contribution < 1.29 is 13.2 Å². The molecule has 0 heterocycles. The fourth-order valence-corrected chi connectivity index (χ4v) is 2.18. The van der Waals surface area contributed by atoms with E-state index in [0.29, 0.717) is 23.9 Å². The Morgan fingerprint density at radius 2 is 2.12 bits per heavy atom. The molecule has 4 nitrogen and oxygen atoms in total. The lowest BCUT2D eigenvalue weighted by atomic mass is 10.3. The van der Waals surface area contributed by atoms with E-state index in [1.165, 1.54) is 4.31 Å². The zero-order valence-corrected chi connectivity index (χ0v) is 11.5. The number of benzene rings is 1. The van der Waals surface area contributed by atoms with Crippen LogP contribution in [-0.4, -0.2) is 38.7 Å². The van der Waals surface area contributed by atoms with Gasteiger partial charge in [0.15, 0.2) is 0 Å². The average molecular weight is 278 g/mol. The molecule has 0 amide bonds. The van der Waals surface area contributed by atoms with E-state index in [9.17, 15) is 8.42 Å². The van der Waals surface area contributed by atoms with E-state index in [2.05, 4.69) is 0 Å². The molecule has 6 heteroatoms. The lowest BCUT2D eigenvalue weighted by molar-refractivity contribution is 0.287. The van der Waals surface area contributed by atoms with E-state index >= 15 is 0 Å². The van der Waals surface area contributed by atoms with Crippen molar-refractivity contribution in [3.8, 4) is 5.75 Å². The third kappa shape index (κ3) is 4.53. The first-order valence-electron chi connectivity index (χ1n) is 5.28. The maximum atomic E-state index is 11.4. The molecule has 0 N–H and O–H groups in total. The average Bonchev–Trinajstić information content (AvgIpc) is 2.29. The molecule has 0 fully saturated rings. The first-order valence-corrected chi connectivity index (χ1v) is 7.27. The summed E-state index contributed by atoms with van der Waals surface area (Å²) < 4.78 is 29.6. The van der Waals surface area contributed by atoms with Crippen LogP contribution in [0.15, 0.2) is 24.3 Å². The summed E-state index contributed by atoms with van der Waals surface area (Å²) in [6.45, 7) is 2.24. The summed E-state index contributed by atoms with van der Waals surface area (Å²) in [7, 11) is -1.59. The van der Waals surface area contributed by atoms with E-state index in [4.69, 9.17) is 16.3 Å². The molecular weight excluding hydrogens is 262 g/mol. The smallest absolute Gasteiger partial charge is 0.213 e. The molecule has 1 aromatic carbocycles. The van der Waals surface area contributed by atoms with E-state index in [1.807, 2.05) is 0 Å². The molecule has 0 bridgehead atoms. The highest BCUT2D eigenvalue weighted by atomic mass is 35.5. The zero-order chi connectivity index (χ0) is 12.9. The topological polar surface area (TPSA) is 46.6 Å². The van der Waals surface area contributed by atoms with Gasteiger partial charge in [0.1, 0.15) is 12.4 Å². The molecule has 0 saturated carbocycles. The highest BCUT2D eigenvalue weighted by Crippen LogP contribution is 2.16. The van der Waals surface area contributed by atoms with Crippen LogP contribution < -0.4 is 4.74 Å². The van der Waals surface area contributed by atoms with Crippen molar-refractivity contribution in [1.29, 1.82) is 0 Å². The number of hydrogen-bond acceptors (Lipinski definition) is 3. The third-order valence-corrected chi connectivity index (χ3v) is 4.41. The normalized spacial score (nSPS) is 11.8. The number of likely N-dealkylation sites (N-methyl/N-ethyl adjacent to an activating group) is 1. The maximum absolute atomic E-state index is 11.4. The summed E-state index contributed by atoms with van der Waals surface area (Å²) in [5.74, 6) is 0.737. The second-order valence-electron chi connectivity index (χ2n) is 3.53. The van der Waals surface area contributed by atoms with Crippen molar-refractivity contribution in [2.75, 3.05) is 26.0 Å². The molecule has 0 aliphatic rings. The van der Waals surface area contributed by atoms with Crippen molar-refractivity contribution in [1.82, 2.24) is 4.31 Å². The van der Waals surface area contributed by atoms with Gasteiger partial charge >= 0.3 is 0 Å². The molecule has 0 aromatic heterocycles. The molecule has 17 heavy (non-hydrogen) atoms. The summed E-state index contributed by atoms with van der Waals surface area (Å²) in [6, 6.07) is 7.00. The lowest BCUT2D eigenvalue weighted by Gasteiger charge is -2.16. The minimum Gasteiger partial charge on any atom is -0.492 e. The van der Waals surface area contributed by atoms with Crippen LogP contribution in [0.5, 0.6) is 5.75 Å². The fourth-order valence-electron chi connectivity index (χ4n) is 1.21. The van der Waals surface area contributed by atoms with Gasteiger partial charge in [-0.3, -0.25) is 0 Å². The molecule has 0 aliphatic heterocycles. The number of rotatable bonds is 6. The Kier molecular flexibility index (Phi) is 5.24. The summed E-state index contributed by atoms with van der Waals surface area (Å²) in [5.41, 5.74) is 0. The third-order valence-electron chi connectivity index (χ3n) is 2.31. The zero-order valence-electron chi connectivity index (χ0n) is 9.89. The van der Waals surface area contributed by atoms with Crippen LogP contribution in [0.4, 0.5) is 0 Å². The lowest BCUT2D eigenvalue weighted by Crippen LogP contribution is -2.32. The van der Waals surface area contributed by atoms with Gasteiger partial charge in [-0.15, -0.1) is 0 Å². The summed E-state index contributed by atoms with van der Waals surface area (Å²) in [5, 5.41) is 0.594. The monoisotopic (exact) mass is 277 g/mol. The minimum atomic E-state index is -3.13. The molecular formula is C11H16ClNO3S. The molecule has 0 radical (unpaired) electrons. The van der Waals surface area contributed by atoms with Gasteiger partial charge in [0, 0.05) is 18.6 Å². The van der Waals surface area contributed by atoms with Gasteiger partial charge in [-0.25, -0.2) is 12.7 Å². The largest absolute Gasteiger partial charge is 0.492 e. The molecule has 0 aliphatic carbocycles. The van der Waals surface area contributed by atoms with E-state index in [1.54, 1.807) is 38.2 Å². The van der Waals surface area contributed by atoms with E-state index < -0.39 is 10.0 Å². The second kappa shape index (κ2) is 6.23. The van der Waals surface area contributed by atoms with E-state index in [0.717, 1.165) is 0 Å². The number of halogens is 1. The summed E-state index contributed by atoms with van der Waals surface area (Å²) >= 11 is 5.80. The molecule has 0 saturated heterocycles. The minimum absolute atomic E-state index is 0.0979. The van der Waals surface area contributed by atoms with Crippen molar-refractivity contribution in [3.05, 3.63) is 29.3 Å². The Bertz CT molecular complexity index is 462. The molecule has 0 unspecified atom stereocenters. The van der Waals surface area contributed by atoms with Gasteiger partial charge in [0.25, 0.3) is 0 Å². The predicted molar refractivity (Wildman–Crippen MR) is 69.0 cm³/mol.